The van der Waals surface area contributed by atoms with Crippen LogP contribution in [0.15, 0.2) is 15.2 Å². The lowest BCUT2D eigenvalue weighted by Gasteiger charge is -2.24. The van der Waals surface area contributed by atoms with E-state index in [1.165, 1.54) is 18.0 Å². The summed E-state index contributed by atoms with van der Waals surface area (Å²) in [5.41, 5.74) is 0.801. The van der Waals surface area contributed by atoms with Crippen molar-refractivity contribution in [2.45, 2.75) is 50.6 Å². The van der Waals surface area contributed by atoms with Gasteiger partial charge in [-0.05, 0) is 27.7 Å². The predicted octanol–water partition coefficient (Wildman–Crippen LogP) is 1.43. The number of thiazole rings is 1. The zero-order valence-electron chi connectivity index (χ0n) is 14.2. The lowest BCUT2D eigenvalue weighted by Crippen LogP contribution is -2.33. The lowest BCUT2D eigenvalue weighted by molar-refractivity contribution is 0.0239. The van der Waals surface area contributed by atoms with Crippen LogP contribution in [-0.4, -0.2) is 39.2 Å². The second-order valence-electron chi connectivity index (χ2n) is 6.74. The monoisotopic (exact) mass is 386 g/mol. The molecule has 0 aromatic carbocycles. The summed E-state index contributed by atoms with van der Waals surface area (Å²) in [5.74, 6) is 0. The molecule has 11 heteroatoms. The minimum atomic E-state index is -3.94. The highest BCUT2D eigenvalue weighted by molar-refractivity contribution is 7.91. The topological polar surface area (TPSA) is 114 Å². The van der Waals surface area contributed by atoms with Crippen LogP contribution in [0.25, 0.3) is 0 Å². The summed E-state index contributed by atoms with van der Waals surface area (Å²) >= 11 is 0.624. The Labute approximate surface area is 148 Å². The van der Waals surface area contributed by atoms with Gasteiger partial charge in [-0.15, -0.1) is 0 Å². The zero-order valence-corrected chi connectivity index (χ0v) is 15.8. The van der Waals surface area contributed by atoms with Gasteiger partial charge in [0.1, 0.15) is 5.60 Å². The molecule has 9 nitrogen and oxygen atoms in total. The molecule has 0 saturated heterocycles. The van der Waals surface area contributed by atoms with Crippen molar-refractivity contribution in [1.82, 2.24) is 19.1 Å². The Morgan fingerprint density at radius 3 is 2.56 bits per heavy atom. The van der Waals surface area contributed by atoms with E-state index in [4.69, 9.17) is 4.74 Å². The molecule has 0 unspecified atom stereocenters. The fraction of sp³-hybridized carbons (Fsp3) is 0.500. The maximum absolute atomic E-state index is 12.6. The average molecular weight is 386 g/mol. The minimum absolute atomic E-state index is 0.0670. The molecule has 1 aliphatic rings. The van der Waals surface area contributed by atoms with E-state index in [9.17, 15) is 18.0 Å². The Balaban J connectivity index is 1.83. The van der Waals surface area contributed by atoms with Crippen LogP contribution in [0.2, 0.25) is 0 Å². The highest BCUT2D eigenvalue weighted by Gasteiger charge is 2.32. The molecule has 0 atom stereocenters. The van der Waals surface area contributed by atoms with E-state index in [0.29, 0.717) is 22.6 Å². The van der Waals surface area contributed by atoms with Gasteiger partial charge in [0.2, 0.25) is 0 Å². The number of aromatic nitrogens is 3. The fourth-order valence-electron chi connectivity index (χ4n) is 2.43. The quantitative estimate of drug-likeness (QED) is 0.835. The van der Waals surface area contributed by atoms with Gasteiger partial charge < -0.3 is 9.72 Å². The summed E-state index contributed by atoms with van der Waals surface area (Å²) in [5, 5.41) is 4.09. The Kier molecular flexibility index (Phi) is 4.03. The molecule has 0 spiro atoms. The van der Waals surface area contributed by atoms with Crippen molar-refractivity contribution in [3.8, 4) is 0 Å². The van der Waals surface area contributed by atoms with Gasteiger partial charge in [-0.1, -0.05) is 11.3 Å². The molecule has 0 radical (unpaired) electrons. The molecule has 0 aliphatic carbocycles. The maximum atomic E-state index is 12.6. The highest BCUT2D eigenvalue weighted by atomic mass is 32.2. The third-order valence-electron chi connectivity index (χ3n) is 3.47. The second-order valence-corrected chi connectivity index (χ2v) is 9.72. The molecular weight excluding hydrogens is 368 g/mol. The van der Waals surface area contributed by atoms with E-state index in [1.54, 1.807) is 20.8 Å². The van der Waals surface area contributed by atoms with E-state index in [0.717, 1.165) is 4.09 Å². The number of aromatic amines is 1. The predicted molar refractivity (Wildman–Crippen MR) is 90.0 cm³/mol. The number of aryl methyl sites for hydroxylation is 1. The van der Waals surface area contributed by atoms with E-state index in [1.807, 2.05) is 0 Å². The number of hydrogen-bond donors (Lipinski definition) is 1. The number of rotatable bonds is 2. The van der Waals surface area contributed by atoms with Gasteiger partial charge in [-0.3, -0.25) is 9.69 Å². The van der Waals surface area contributed by atoms with Crippen LogP contribution >= 0.6 is 11.3 Å². The Bertz CT molecular complexity index is 970. The van der Waals surface area contributed by atoms with Crippen molar-refractivity contribution in [1.29, 1.82) is 0 Å². The molecule has 2 aromatic rings. The Morgan fingerprint density at radius 1 is 1.36 bits per heavy atom. The number of nitrogens with zero attached hydrogens (tertiary/aromatic N) is 3. The molecule has 3 rings (SSSR count). The number of H-pyrrole nitrogens is 1. The summed E-state index contributed by atoms with van der Waals surface area (Å²) < 4.78 is 31.3. The Hall–Kier alpha value is -2.14. The lowest BCUT2D eigenvalue weighted by atomic mass is 10.2. The third-order valence-corrected chi connectivity index (χ3v) is 6.59. The van der Waals surface area contributed by atoms with Crippen molar-refractivity contribution in [2.24, 2.45) is 0 Å². The first-order valence-electron chi connectivity index (χ1n) is 7.48. The van der Waals surface area contributed by atoms with Crippen LogP contribution in [-0.2, 0) is 27.8 Å². The molecule has 1 N–H and O–H groups in total. The summed E-state index contributed by atoms with van der Waals surface area (Å²) in [4.78, 5) is 26.9. The molecule has 0 fully saturated rings. The molecule has 2 aromatic heterocycles. The van der Waals surface area contributed by atoms with Crippen molar-refractivity contribution in [3.63, 3.8) is 0 Å². The number of carbonyl (C=O) groups excluding carboxylic acids is 1. The molecule has 1 aliphatic heterocycles. The molecule has 1 amide bonds. The molecular formula is C14H18N4O5S2. The standard InChI is InChI=1S/C14H18N4O5S2/c1-8-11(24-12(19)15-8)25(21,22)18-6-9-5-17(7-10(9)16-18)13(20)23-14(2,3)4/h6H,5,7H2,1-4H3,(H,15,19). The third kappa shape index (κ3) is 3.33. The Morgan fingerprint density at radius 2 is 2.04 bits per heavy atom. The van der Waals surface area contributed by atoms with Crippen molar-refractivity contribution in [3.05, 3.63) is 32.8 Å². The first-order valence-corrected chi connectivity index (χ1v) is 9.73. The van der Waals surface area contributed by atoms with Crippen LogP contribution in [0, 0.1) is 6.92 Å². The minimum Gasteiger partial charge on any atom is -0.444 e. The SMILES string of the molecule is Cc1[nH]c(=O)sc1S(=O)(=O)n1cc2c(n1)CN(C(=O)OC(C)(C)C)C2. The van der Waals surface area contributed by atoms with Crippen molar-refractivity contribution in [2.75, 3.05) is 0 Å². The van der Waals surface area contributed by atoms with Crippen LogP contribution in [0.1, 0.15) is 37.7 Å². The van der Waals surface area contributed by atoms with E-state index < -0.39 is 26.6 Å². The number of carbonyl (C=O) groups is 1. The zero-order chi connectivity index (χ0) is 18.6. The first-order chi connectivity index (χ1) is 11.5. The summed E-state index contributed by atoms with van der Waals surface area (Å²) in [6.45, 7) is 7.25. The van der Waals surface area contributed by atoms with Crippen LogP contribution in [0.3, 0.4) is 0 Å². The van der Waals surface area contributed by atoms with E-state index >= 15 is 0 Å². The van der Waals surface area contributed by atoms with Gasteiger partial charge in [-0.25, -0.2) is 4.79 Å². The number of amides is 1. The smallest absolute Gasteiger partial charge is 0.410 e. The largest absolute Gasteiger partial charge is 0.444 e. The van der Waals surface area contributed by atoms with Gasteiger partial charge in [0, 0.05) is 17.5 Å². The summed E-state index contributed by atoms with van der Waals surface area (Å²) in [6, 6.07) is 0. The summed E-state index contributed by atoms with van der Waals surface area (Å²) in [6.07, 6.45) is 0.901. The van der Waals surface area contributed by atoms with E-state index in [2.05, 4.69) is 10.1 Å². The number of fused-ring (bicyclic) bond motifs is 1. The van der Waals surface area contributed by atoms with Gasteiger partial charge in [0.05, 0.1) is 18.8 Å². The van der Waals surface area contributed by atoms with Crippen LogP contribution in [0.4, 0.5) is 4.79 Å². The van der Waals surface area contributed by atoms with Gasteiger partial charge in [0.15, 0.2) is 4.21 Å². The van der Waals surface area contributed by atoms with Crippen LogP contribution < -0.4 is 4.87 Å². The fourth-order valence-corrected chi connectivity index (χ4v) is 4.96. The molecule has 0 saturated carbocycles. The second kappa shape index (κ2) is 5.70. The molecule has 136 valence electrons. The number of nitrogens with one attached hydrogen (secondary N) is 1. The average Bonchev–Trinajstić information content (AvgIpc) is 3.08. The molecule has 0 bridgehead atoms. The van der Waals surface area contributed by atoms with Crippen LogP contribution in [0.5, 0.6) is 0 Å². The molecule has 25 heavy (non-hydrogen) atoms. The molecule has 3 heterocycles. The van der Waals surface area contributed by atoms with Crippen molar-refractivity contribution >= 4 is 27.5 Å². The van der Waals surface area contributed by atoms with Crippen molar-refractivity contribution < 1.29 is 17.9 Å². The number of hydrogen-bond acceptors (Lipinski definition) is 7. The normalized spacial score (nSPS) is 14.6. The first kappa shape index (κ1) is 17.7. The number of ether oxygens (including phenoxy) is 1. The van der Waals surface area contributed by atoms with E-state index in [-0.39, 0.29) is 23.0 Å². The highest BCUT2D eigenvalue weighted by Crippen LogP contribution is 2.26. The maximum Gasteiger partial charge on any atom is 0.410 e. The van der Waals surface area contributed by atoms with Gasteiger partial charge in [-0.2, -0.15) is 17.6 Å². The summed E-state index contributed by atoms with van der Waals surface area (Å²) in [7, 11) is -3.94. The van der Waals surface area contributed by atoms with Gasteiger partial charge in [0.25, 0.3) is 10.0 Å². The van der Waals surface area contributed by atoms with Gasteiger partial charge >= 0.3 is 11.0 Å².